The molecule has 176 valence electrons. The number of esters is 1. The predicted octanol–water partition coefficient (Wildman–Crippen LogP) is 4.54. The maximum atomic E-state index is 13.0. The normalized spacial score (nSPS) is 13.5. The molecule has 34 heavy (non-hydrogen) atoms. The van der Waals surface area contributed by atoms with Crippen molar-refractivity contribution in [2.45, 2.75) is 46.8 Å². The summed E-state index contributed by atoms with van der Waals surface area (Å²) in [5.74, 6) is -1.05. The van der Waals surface area contributed by atoms with Gasteiger partial charge >= 0.3 is 5.97 Å². The van der Waals surface area contributed by atoms with Crippen LogP contribution in [0.5, 0.6) is 0 Å². The molecule has 1 amide bonds. The molecule has 4 rings (SSSR count). The molecular formula is C26H26ClN3O4. The van der Waals surface area contributed by atoms with Gasteiger partial charge in [0.25, 0.3) is 0 Å². The van der Waals surface area contributed by atoms with E-state index in [1.54, 1.807) is 34.7 Å². The zero-order chi connectivity index (χ0) is 24.6. The Bertz CT molecular complexity index is 1280. The molecule has 7 nitrogen and oxygen atoms in total. The Labute approximate surface area is 203 Å². The van der Waals surface area contributed by atoms with Crippen molar-refractivity contribution in [3.63, 3.8) is 0 Å². The molecule has 3 aromatic rings. The smallest absolute Gasteiger partial charge is 0.343 e. The molecule has 8 heteroatoms. The number of rotatable bonds is 6. The SMILES string of the molecule is CC(=O)N1CCc2cc(C(=O)C(C)OC(=O)c3c(C)nn(Cc4ccc(C)cc4)c3Cl)ccc21. The number of hydrogen-bond donors (Lipinski definition) is 0. The molecule has 0 aliphatic carbocycles. The van der Waals surface area contributed by atoms with Gasteiger partial charge in [-0.3, -0.25) is 9.59 Å². The topological polar surface area (TPSA) is 81.5 Å². The van der Waals surface area contributed by atoms with E-state index in [2.05, 4.69) is 5.10 Å². The molecule has 0 bridgehead atoms. The lowest BCUT2D eigenvalue weighted by atomic mass is 10.0. The first-order chi connectivity index (χ1) is 16.2. The second-order valence-electron chi connectivity index (χ2n) is 8.57. The number of halogens is 1. The number of fused-ring (bicyclic) bond motifs is 1. The van der Waals surface area contributed by atoms with E-state index in [4.69, 9.17) is 16.3 Å². The Morgan fingerprint density at radius 1 is 1.12 bits per heavy atom. The van der Waals surface area contributed by atoms with Crippen LogP contribution in [0.1, 0.15) is 56.9 Å². The summed E-state index contributed by atoms with van der Waals surface area (Å²) < 4.78 is 7.03. The maximum Gasteiger partial charge on any atom is 0.343 e. The van der Waals surface area contributed by atoms with Crippen molar-refractivity contribution >= 4 is 34.9 Å². The number of Topliss-reactive ketones (excluding diaryl/α,β-unsaturated/α-hetero) is 1. The van der Waals surface area contributed by atoms with Crippen LogP contribution in [-0.4, -0.2) is 40.1 Å². The number of anilines is 1. The molecular weight excluding hydrogens is 454 g/mol. The Balaban J connectivity index is 1.47. The van der Waals surface area contributed by atoms with Crippen molar-refractivity contribution in [2.75, 3.05) is 11.4 Å². The van der Waals surface area contributed by atoms with Gasteiger partial charge in [0, 0.05) is 24.7 Å². The average molecular weight is 480 g/mol. The maximum absolute atomic E-state index is 13.0. The molecule has 1 aliphatic heterocycles. The van der Waals surface area contributed by atoms with Gasteiger partial charge in [0.15, 0.2) is 6.10 Å². The van der Waals surface area contributed by atoms with E-state index in [0.29, 0.717) is 30.8 Å². The van der Waals surface area contributed by atoms with Crippen molar-refractivity contribution in [1.82, 2.24) is 9.78 Å². The monoisotopic (exact) mass is 479 g/mol. The summed E-state index contributed by atoms with van der Waals surface area (Å²) in [5, 5.41) is 4.56. The third kappa shape index (κ3) is 4.61. The lowest BCUT2D eigenvalue weighted by Crippen LogP contribution is -2.26. The molecule has 0 radical (unpaired) electrons. The quantitative estimate of drug-likeness (QED) is 0.383. The summed E-state index contributed by atoms with van der Waals surface area (Å²) in [6.45, 7) is 7.75. The molecule has 0 saturated heterocycles. The van der Waals surface area contributed by atoms with Crippen molar-refractivity contribution in [2.24, 2.45) is 0 Å². The zero-order valence-corrected chi connectivity index (χ0v) is 20.3. The molecule has 1 atom stereocenters. The highest BCUT2D eigenvalue weighted by molar-refractivity contribution is 6.32. The third-order valence-electron chi connectivity index (χ3n) is 6.02. The van der Waals surface area contributed by atoms with Gasteiger partial charge in [0.2, 0.25) is 11.7 Å². The average Bonchev–Trinajstić information content (AvgIpc) is 3.34. The Morgan fingerprint density at radius 2 is 1.82 bits per heavy atom. The number of carbonyl (C=O) groups is 3. The standard InChI is InChI=1S/C26H26ClN3O4/c1-15-5-7-19(8-6-15)14-30-25(27)23(16(2)28-30)26(33)34-17(3)24(32)21-9-10-22-20(13-21)11-12-29(22)18(4)31/h5-10,13,17H,11-12,14H2,1-4H3. The molecule has 1 unspecified atom stereocenters. The molecule has 0 saturated carbocycles. The van der Waals surface area contributed by atoms with Gasteiger partial charge in [-0.15, -0.1) is 0 Å². The van der Waals surface area contributed by atoms with Crippen LogP contribution in [0, 0.1) is 13.8 Å². The number of nitrogens with zero attached hydrogens (tertiary/aromatic N) is 3. The van der Waals surface area contributed by atoms with Crippen LogP contribution in [0.15, 0.2) is 42.5 Å². The van der Waals surface area contributed by atoms with Crippen LogP contribution in [0.3, 0.4) is 0 Å². The number of ether oxygens (including phenoxy) is 1. The number of carbonyl (C=O) groups excluding carboxylic acids is 3. The van der Waals surface area contributed by atoms with E-state index in [1.165, 1.54) is 13.8 Å². The second kappa shape index (κ2) is 9.43. The van der Waals surface area contributed by atoms with E-state index in [9.17, 15) is 14.4 Å². The number of aromatic nitrogens is 2. The van der Waals surface area contributed by atoms with Crippen LogP contribution < -0.4 is 4.90 Å². The fourth-order valence-corrected chi connectivity index (χ4v) is 4.46. The molecule has 0 spiro atoms. The van der Waals surface area contributed by atoms with E-state index in [-0.39, 0.29) is 22.4 Å². The van der Waals surface area contributed by atoms with Crippen LogP contribution in [0.2, 0.25) is 5.15 Å². The van der Waals surface area contributed by atoms with E-state index < -0.39 is 12.1 Å². The van der Waals surface area contributed by atoms with E-state index >= 15 is 0 Å². The van der Waals surface area contributed by atoms with E-state index in [1.807, 2.05) is 31.2 Å². The van der Waals surface area contributed by atoms with Gasteiger partial charge < -0.3 is 9.64 Å². The van der Waals surface area contributed by atoms with Gasteiger partial charge in [-0.05, 0) is 56.5 Å². The predicted molar refractivity (Wildman–Crippen MR) is 130 cm³/mol. The Hall–Kier alpha value is -3.45. The number of aryl methyl sites for hydroxylation is 2. The summed E-state index contributed by atoms with van der Waals surface area (Å²) >= 11 is 6.47. The van der Waals surface area contributed by atoms with Crippen molar-refractivity contribution < 1.29 is 19.1 Å². The highest BCUT2D eigenvalue weighted by Gasteiger charge is 2.28. The molecule has 0 N–H and O–H groups in total. The molecule has 1 aliphatic rings. The van der Waals surface area contributed by atoms with Crippen molar-refractivity contribution in [3.05, 3.63) is 81.1 Å². The fraction of sp³-hybridized carbons (Fsp3) is 0.308. The van der Waals surface area contributed by atoms with Gasteiger partial charge in [0.05, 0.1) is 12.2 Å². The highest BCUT2D eigenvalue weighted by Crippen LogP contribution is 2.30. The van der Waals surface area contributed by atoms with Crippen molar-refractivity contribution in [1.29, 1.82) is 0 Å². The van der Waals surface area contributed by atoms with E-state index in [0.717, 1.165) is 22.4 Å². The Kier molecular flexibility index (Phi) is 6.57. The number of ketones is 1. The number of benzene rings is 2. The fourth-order valence-electron chi connectivity index (χ4n) is 4.15. The summed E-state index contributed by atoms with van der Waals surface area (Å²) in [6, 6.07) is 13.1. The van der Waals surface area contributed by atoms with Gasteiger partial charge in [-0.1, -0.05) is 41.4 Å². The summed E-state index contributed by atoms with van der Waals surface area (Å²) in [6.07, 6.45) is -0.328. The highest BCUT2D eigenvalue weighted by atomic mass is 35.5. The lowest BCUT2D eigenvalue weighted by molar-refractivity contribution is -0.116. The number of hydrogen-bond acceptors (Lipinski definition) is 5. The zero-order valence-electron chi connectivity index (χ0n) is 19.6. The Morgan fingerprint density at radius 3 is 2.50 bits per heavy atom. The van der Waals surface area contributed by atoms with Crippen LogP contribution >= 0.6 is 11.6 Å². The molecule has 1 aromatic heterocycles. The van der Waals surface area contributed by atoms with Gasteiger partial charge in [-0.25, -0.2) is 9.48 Å². The third-order valence-corrected chi connectivity index (χ3v) is 6.40. The molecule has 2 aromatic carbocycles. The minimum absolute atomic E-state index is 0.0321. The van der Waals surface area contributed by atoms with Gasteiger partial charge in [0.1, 0.15) is 10.7 Å². The first kappa shape index (κ1) is 23.7. The van der Waals surface area contributed by atoms with Crippen LogP contribution in [-0.2, 0) is 22.5 Å². The van der Waals surface area contributed by atoms with Crippen LogP contribution in [0.25, 0.3) is 0 Å². The second-order valence-corrected chi connectivity index (χ2v) is 8.93. The number of amides is 1. The molecule has 2 heterocycles. The largest absolute Gasteiger partial charge is 0.451 e. The first-order valence-electron chi connectivity index (χ1n) is 11.1. The minimum Gasteiger partial charge on any atom is -0.451 e. The van der Waals surface area contributed by atoms with Crippen molar-refractivity contribution in [3.8, 4) is 0 Å². The lowest BCUT2D eigenvalue weighted by Gasteiger charge is -2.16. The summed E-state index contributed by atoms with van der Waals surface area (Å²) in [4.78, 5) is 39.3. The van der Waals surface area contributed by atoms with Gasteiger partial charge in [-0.2, -0.15) is 5.10 Å². The first-order valence-corrected chi connectivity index (χ1v) is 11.5. The summed E-state index contributed by atoms with van der Waals surface area (Å²) in [5.41, 5.74) is 4.91. The van der Waals surface area contributed by atoms with Crippen LogP contribution in [0.4, 0.5) is 5.69 Å². The minimum atomic E-state index is -1.01. The molecule has 0 fully saturated rings. The summed E-state index contributed by atoms with van der Waals surface area (Å²) in [7, 11) is 0.